The van der Waals surface area contributed by atoms with Gasteiger partial charge in [0.05, 0.1) is 6.61 Å². The Morgan fingerprint density at radius 3 is 1.85 bits per heavy atom. The standard InChI is InChI=1S/C8H15NO6.H3O4P/c1-4(12)9-5(2-10)7(14)8(15)6(13)3-11;1-5(2,3)4/h2,5-8,11,13-15H,3H2,1H3,(H,9,12);(H3,1,2,3,4)/t5-,6+,7+,8+;/m0./s1. The molecule has 0 spiro atoms. The lowest BCUT2D eigenvalue weighted by Crippen LogP contribution is -2.53. The highest BCUT2D eigenvalue weighted by Crippen LogP contribution is 2.25. The van der Waals surface area contributed by atoms with Gasteiger partial charge in [-0.25, -0.2) is 4.57 Å². The topological polar surface area (TPSA) is 205 Å². The minimum absolute atomic E-state index is 0.235. The summed E-state index contributed by atoms with van der Waals surface area (Å²) in [6.45, 7) is 0.377. The monoisotopic (exact) mass is 319 g/mol. The first kappa shape index (κ1) is 21.4. The largest absolute Gasteiger partial charge is 0.466 e. The first-order valence-corrected chi connectivity index (χ1v) is 6.66. The summed E-state index contributed by atoms with van der Waals surface area (Å²) in [5.74, 6) is -0.558. The van der Waals surface area contributed by atoms with Gasteiger partial charge in [0, 0.05) is 6.92 Å². The van der Waals surface area contributed by atoms with Crippen LogP contribution in [-0.2, 0) is 14.2 Å². The van der Waals surface area contributed by atoms with E-state index in [2.05, 4.69) is 5.32 Å². The summed E-state index contributed by atoms with van der Waals surface area (Å²) < 4.78 is 8.88. The molecule has 20 heavy (non-hydrogen) atoms. The number of aliphatic hydroxyl groups excluding tert-OH is 4. The zero-order chi connectivity index (χ0) is 16.5. The molecule has 0 saturated carbocycles. The third kappa shape index (κ3) is 12.1. The highest BCUT2D eigenvalue weighted by atomic mass is 31.2. The molecule has 0 saturated heterocycles. The van der Waals surface area contributed by atoms with Gasteiger partial charge in [-0.3, -0.25) is 4.79 Å². The number of carbonyl (C=O) groups is 2. The molecule has 1 amide bonds. The fraction of sp³-hybridized carbons (Fsp3) is 0.750. The molecule has 4 atom stereocenters. The van der Waals surface area contributed by atoms with Crippen molar-refractivity contribution < 1.29 is 49.3 Å². The van der Waals surface area contributed by atoms with Crippen LogP contribution in [-0.4, -0.2) is 78.3 Å². The second-order valence-corrected chi connectivity index (χ2v) is 4.63. The average Bonchev–Trinajstić information content (AvgIpc) is 2.30. The molecule has 11 nitrogen and oxygen atoms in total. The van der Waals surface area contributed by atoms with E-state index in [4.69, 9.17) is 29.5 Å². The molecule has 0 fully saturated rings. The second kappa shape index (κ2) is 9.91. The zero-order valence-electron chi connectivity index (χ0n) is 10.4. The van der Waals surface area contributed by atoms with Crippen LogP contribution in [0, 0.1) is 0 Å². The van der Waals surface area contributed by atoms with Gasteiger partial charge in [0.15, 0.2) is 0 Å². The molecule has 0 aromatic carbocycles. The first-order chi connectivity index (χ1) is 8.93. The first-order valence-electron chi connectivity index (χ1n) is 5.09. The third-order valence-electron chi connectivity index (χ3n) is 1.82. The lowest BCUT2D eigenvalue weighted by molar-refractivity contribution is -0.129. The fourth-order valence-electron chi connectivity index (χ4n) is 0.983. The number of hydrogen-bond acceptors (Lipinski definition) is 7. The molecule has 0 heterocycles. The Kier molecular flexibility index (Phi) is 10.6. The van der Waals surface area contributed by atoms with Gasteiger partial charge in [-0.2, -0.15) is 0 Å². The van der Waals surface area contributed by atoms with Crippen LogP contribution >= 0.6 is 7.82 Å². The maximum absolute atomic E-state index is 10.6. The smallest absolute Gasteiger partial charge is 0.394 e. The van der Waals surface area contributed by atoms with E-state index >= 15 is 0 Å². The Labute approximate surface area is 113 Å². The van der Waals surface area contributed by atoms with Crippen molar-refractivity contribution in [3.8, 4) is 0 Å². The Morgan fingerprint density at radius 2 is 1.60 bits per heavy atom. The van der Waals surface area contributed by atoms with E-state index in [1.54, 1.807) is 0 Å². The van der Waals surface area contributed by atoms with E-state index in [9.17, 15) is 19.8 Å². The molecule has 120 valence electrons. The number of hydrogen-bond donors (Lipinski definition) is 8. The SMILES string of the molecule is CC(=O)N[C@@H](C=O)[C@@H](O)[C@H](O)[C@H](O)CO.O=P(O)(O)O. The van der Waals surface area contributed by atoms with Gasteiger partial charge in [0.2, 0.25) is 5.91 Å². The molecule has 0 aliphatic heterocycles. The molecule has 0 rings (SSSR count). The van der Waals surface area contributed by atoms with Crippen LogP contribution in [0.1, 0.15) is 6.92 Å². The van der Waals surface area contributed by atoms with Crippen molar-refractivity contribution in [1.29, 1.82) is 0 Å². The molecule has 0 radical (unpaired) electrons. The van der Waals surface area contributed by atoms with Crippen molar-refractivity contribution in [2.24, 2.45) is 0 Å². The van der Waals surface area contributed by atoms with Gasteiger partial charge >= 0.3 is 7.82 Å². The second-order valence-electron chi connectivity index (χ2n) is 3.61. The Morgan fingerprint density at radius 1 is 1.20 bits per heavy atom. The molecular weight excluding hydrogens is 301 g/mol. The van der Waals surface area contributed by atoms with Crippen molar-refractivity contribution in [2.45, 2.75) is 31.3 Å². The zero-order valence-corrected chi connectivity index (χ0v) is 11.3. The molecule has 0 unspecified atom stereocenters. The molecule has 0 aliphatic carbocycles. The van der Waals surface area contributed by atoms with Crippen LogP contribution in [0.2, 0.25) is 0 Å². The van der Waals surface area contributed by atoms with Gasteiger partial charge in [-0.1, -0.05) is 0 Å². The van der Waals surface area contributed by atoms with Crippen LogP contribution in [0.15, 0.2) is 0 Å². The fourth-order valence-corrected chi connectivity index (χ4v) is 0.983. The van der Waals surface area contributed by atoms with Crippen LogP contribution in [0.3, 0.4) is 0 Å². The van der Waals surface area contributed by atoms with Gasteiger partial charge in [0.25, 0.3) is 0 Å². The number of aliphatic hydroxyl groups is 4. The number of aldehydes is 1. The number of carbonyl (C=O) groups excluding carboxylic acids is 2. The summed E-state index contributed by atoms with van der Waals surface area (Å²) in [6, 6.07) is -1.32. The van der Waals surface area contributed by atoms with Gasteiger partial charge in [0.1, 0.15) is 30.6 Å². The Bertz CT molecular complexity index is 336. The predicted octanol–water partition coefficient (Wildman–Crippen LogP) is -4.16. The van der Waals surface area contributed by atoms with Gasteiger partial charge in [-0.05, 0) is 0 Å². The number of nitrogens with one attached hydrogen (secondary N) is 1. The van der Waals surface area contributed by atoms with Crippen molar-refractivity contribution in [3.05, 3.63) is 0 Å². The molecular formula is C8H18NO10P. The molecule has 0 aromatic rings. The van der Waals surface area contributed by atoms with Crippen LogP contribution in [0.4, 0.5) is 0 Å². The molecule has 0 aromatic heterocycles. The number of phosphoric acid groups is 1. The minimum Gasteiger partial charge on any atom is -0.394 e. The summed E-state index contributed by atoms with van der Waals surface area (Å²) in [5, 5.41) is 38.2. The lowest BCUT2D eigenvalue weighted by atomic mass is 10.0. The van der Waals surface area contributed by atoms with Gasteiger partial charge < -0.3 is 45.2 Å². The summed E-state index contributed by atoms with van der Waals surface area (Å²) in [5.41, 5.74) is 0. The van der Waals surface area contributed by atoms with Crippen LogP contribution in [0.25, 0.3) is 0 Å². The van der Waals surface area contributed by atoms with Gasteiger partial charge in [-0.15, -0.1) is 0 Å². The Balaban J connectivity index is 0. The Hall–Kier alpha value is -0.910. The summed E-state index contributed by atoms with van der Waals surface area (Å²) in [6.07, 6.45) is -4.72. The molecule has 0 bridgehead atoms. The van der Waals surface area contributed by atoms with E-state index in [-0.39, 0.29) is 6.29 Å². The molecule has 12 heteroatoms. The maximum Gasteiger partial charge on any atom is 0.466 e. The quantitative estimate of drug-likeness (QED) is 0.175. The van der Waals surface area contributed by atoms with E-state index in [0.29, 0.717) is 0 Å². The summed E-state index contributed by atoms with van der Waals surface area (Å²) in [7, 11) is -4.64. The molecule has 8 N–H and O–H groups in total. The van der Waals surface area contributed by atoms with E-state index in [0.717, 1.165) is 6.92 Å². The minimum atomic E-state index is -4.64. The van der Waals surface area contributed by atoms with E-state index in [1.807, 2.05) is 0 Å². The van der Waals surface area contributed by atoms with Crippen molar-refractivity contribution in [1.82, 2.24) is 5.32 Å². The molecule has 0 aliphatic rings. The summed E-state index contributed by atoms with van der Waals surface area (Å²) in [4.78, 5) is 42.6. The highest BCUT2D eigenvalue weighted by molar-refractivity contribution is 7.45. The third-order valence-corrected chi connectivity index (χ3v) is 1.82. The maximum atomic E-state index is 10.6. The number of rotatable bonds is 6. The normalized spacial score (nSPS) is 17.0. The van der Waals surface area contributed by atoms with Crippen LogP contribution < -0.4 is 5.32 Å². The highest BCUT2D eigenvalue weighted by Gasteiger charge is 2.31. The van der Waals surface area contributed by atoms with Crippen LogP contribution in [0.5, 0.6) is 0 Å². The number of amides is 1. The van der Waals surface area contributed by atoms with Crippen molar-refractivity contribution >= 4 is 20.0 Å². The van der Waals surface area contributed by atoms with E-state index in [1.165, 1.54) is 0 Å². The van der Waals surface area contributed by atoms with E-state index < -0.39 is 44.7 Å². The van der Waals surface area contributed by atoms with Crippen molar-refractivity contribution in [2.75, 3.05) is 6.61 Å². The van der Waals surface area contributed by atoms with Crippen molar-refractivity contribution in [3.63, 3.8) is 0 Å². The predicted molar refractivity (Wildman–Crippen MR) is 63.0 cm³/mol. The average molecular weight is 319 g/mol. The summed E-state index contributed by atoms with van der Waals surface area (Å²) >= 11 is 0. The lowest BCUT2D eigenvalue weighted by Gasteiger charge is -2.25.